The molecule has 0 spiro atoms. The summed E-state index contributed by atoms with van der Waals surface area (Å²) < 4.78 is 2.12. The largest absolute Gasteiger partial charge is 0.369 e. The SMILES string of the molecule is Cn1c(N2CCC(N3CC(C(N)=O)CC3=O)CC2)nc2ccccc21. The van der Waals surface area contributed by atoms with Crippen molar-refractivity contribution in [3.8, 4) is 0 Å². The monoisotopic (exact) mass is 341 g/mol. The van der Waals surface area contributed by atoms with Gasteiger partial charge in [0.2, 0.25) is 17.8 Å². The van der Waals surface area contributed by atoms with Gasteiger partial charge in [0.25, 0.3) is 0 Å². The van der Waals surface area contributed by atoms with E-state index in [9.17, 15) is 9.59 Å². The van der Waals surface area contributed by atoms with Crippen molar-refractivity contribution in [2.45, 2.75) is 25.3 Å². The fourth-order valence-corrected chi connectivity index (χ4v) is 4.07. The summed E-state index contributed by atoms with van der Waals surface area (Å²) in [5.74, 6) is 0.339. The molecule has 1 aromatic heterocycles. The van der Waals surface area contributed by atoms with Gasteiger partial charge in [0.1, 0.15) is 0 Å². The fourth-order valence-electron chi connectivity index (χ4n) is 4.07. The average molecular weight is 341 g/mol. The number of nitrogens with two attached hydrogens (primary N) is 1. The number of carbonyl (C=O) groups is 2. The molecule has 0 radical (unpaired) electrons. The first-order valence-corrected chi connectivity index (χ1v) is 8.80. The summed E-state index contributed by atoms with van der Waals surface area (Å²) in [5, 5.41) is 0. The highest BCUT2D eigenvalue weighted by molar-refractivity contribution is 5.88. The van der Waals surface area contributed by atoms with Crippen LogP contribution in [0.3, 0.4) is 0 Å². The highest BCUT2D eigenvalue weighted by atomic mass is 16.2. The molecule has 7 nitrogen and oxygen atoms in total. The third kappa shape index (κ3) is 2.73. The molecule has 2 saturated heterocycles. The van der Waals surface area contributed by atoms with Crippen molar-refractivity contribution in [3.05, 3.63) is 24.3 Å². The molecule has 2 amide bonds. The quantitative estimate of drug-likeness (QED) is 0.898. The van der Waals surface area contributed by atoms with Gasteiger partial charge < -0.3 is 20.1 Å². The zero-order valence-electron chi connectivity index (χ0n) is 14.4. The molecule has 1 aromatic carbocycles. The smallest absolute Gasteiger partial charge is 0.223 e. The summed E-state index contributed by atoms with van der Waals surface area (Å²) in [7, 11) is 2.04. The van der Waals surface area contributed by atoms with Gasteiger partial charge in [-0.15, -0.1) is 0 Å². The van der Waals surface area contributed by atoms with Crippen molar-refractivity contribution < 1.29 is 9.59 Å². The average Bonchev–Trinajstić information content (AvgIpc) is 3.16. The summed E-state index contributed by atoms with van der Waals surface area (Å²) in [6, 6.07) is 8.32. The standard InChI is InChI=1S/C18H23N5O2/c1-21-15-5-3-2-4-14(15)20-18(21)22-8-6-13(7-9-22)23-11-12(17(19)25)10-16(23)24/h2-5,12-13H,6-11H2,1H3,(H2,19,25). The van der Waals surface area contributed by atoms with Gasteiger partial charge in [-0.1, -0.05) is 12.1 Å². The zero-order valence-corrected chi connectivity index (χ0v) is 14.4. The number of hydrogen-bond donors (Lipinski definition) is 1. The summed E-state index contributed by atoms with van der Waals surface area (Å²) in [5.41, 5.74) is 7.49. The van der Waals surface area contributed by atoms with E-state index in [0.29, 0.717) is 6.54 Å². The molecule has 2 fully saturated rings. The maximum Gasteiger partial charge on any atom is 0.223 e. The summed E-state index contributed by atoms with van der Waals surface area (Å²) in [6.07, 6.45) is 2.04. The van der Waals surface area contributed by atoms with Crippen LogP contribution in [0.25, 0.3) is 11.0 Å². The van der Waals surface area contributed by atoms with Crippen LogP contribution in [-0.4, -0.2) is 51.9 Å². The Bertz CT molecular complexity index is 822. The van der Waals surface area contributed by atoms with Crippen LogP contribution in [0, 0.1) is 5.92 Å². The van der Waals surface area contributed by atoms with Crippen LogP contribution in [0.4, 0.5) is 5.95 Å². The minimum absolute atomic E-state index is 0.0602. The van der Waals surface area contributed by atoms with E-state index in [1.807, 2.05) is 30.1 Å². The molecule has 1 unspecified atom stereocenters. The third-order valence-electron chi connectivity index (χ3n) is 5.51. The minimum atomic E-state index is -0.368. The molecule has 7 heteroatoms. The molecule has 25 heavy (non-hydrogen) atoms. The number of imidazole rings is 1. The lowest BCUT2D eigenvalue weighted by molar-refractivity contribution is -0.130. The second-order valence-corrected chi connectivity index (χ2v) is 7.03. The third-order valence-corrected chi connectivity index (χ3v) is 5.51. The van der Waals surface area contributed by atoms with Gasteiger partial charge in [-0.25, -0.2) is 4.98 Å². The number of nitrogens with zero attached hydrogens (tertiary/aromatic N) is 4. The van der Waals surface area contributed by atoms with Gasteiger partial charge in [0.05, 0.1) is 17.0 Å². The van der Waals surface area contributed by atoms with E-state index >= 15 is 0 Å². The molecule has 2 aliphatic heterocycles. The van der Waals surface area contributed by atoms with Gasteiger partial charge >= 0.3 is 0 Å². The van der Waals surface area contributed by atoms with Gasteiger partial charge in [-0.2, -0.15) is 0 Å². The maximum atomic E-state index is 12.2. The number of fused-ring (bicyclic) bond motifs is 1. The molecule has 2 N–H and O–H groups in total. The Kier molecular flexibility index (Phi) is 3.86. The van der Waals surface area contributed by atoms with Crippen molar-refractivity contribution in [2.75, 3.05) is 24.5 Å². The van der Waals surface area contributed by atoms with E-state index < -0.39 is 0 Å². The van der Waals surface area contributed by atoms with Crippen LogP contribution in [0.5, 0.6) is 0 Å². The van der Waals surface area contributed by atoms with Crippen LogP contribution in [0.1, 0.15) is 19.3 Å². The van der Waals surface area contributed by atoms with Crippen LogP contribution in [-0.2, 0) is 16.6 Å². The molecule has 4 rings (SSSR count). The molecule has 2 aliphatic rings. The lowest BCUT2D eigenvalue weighted by Gasteiger charge is -2.37. The van der Waals surface area contributed by atoms with Crippen molar-refractivity contribution in [1.29, 1.82) is 0 Å². The number of amides is 2. The van der Waals surface area contributed by atoms with E-state index in [-0.39, 0.29) is 30.2 Å². The molecular formula is C18H23N5O2. The normalized spacial score (nSPS) is 22.1. The Labute approximate surface area is 146 Å². The summed E-state index contributed by atoms with van der Waals surface area (Å²) in [6.45, 7) is 2.19. The predicted octanol–water partition coefficient (Wildman–Crippen LogP) is 0.876. The van der Waals surface area contributed by atoms with Crippen molar-refractivity contribution in [3.63, 3.8) is 0 Å². The van der Waals surface area contributed by atoms with E-state index in [4.69, 9.17) is 10.7 Å². The van der Waals surface area contributed by atoms with Crippen LogP contribution >= 0.6 is 0 Å². The molecule has 0 bridgehead atoms. The fraction of sp³-hybridized carbons (Fsp3) is 0.500. The molecule has 0 aliphatic carbocycles. The number of anilines is 1. The van der Waals surface area contributed by atoms with Crippen LogP contribution in [0.2, 0.25) is 0 Å². The topological polar surface area (TPSA) is 84.5 Å². The highest BCUT2D eigenvalue weighted by Crippen LogP contribution is 2.28. The molecular weight excluding hydrogens is 318 g/mol. The van der Waals surface area contributed by atoms with E-state index in [1.54, 1.807) is 0 Å². The predicted molar refractivity (Wildman–Crippen MR) is 95.0 cm³/mol. The number of benzene rings is 1. The Morgan fingerprint density at radius 1 is 1.24 bits per heavy atom. The number of carbonyl (C=O) groups excluding carboxylic acids is 2. The number of hydrogen-bond acceptors (Lipinski definition) is 4. The lowest BCUT2D eigenvalue weighted by Crippen LogP contribution is -2.46. The van der Waals surface area contributed by atoms with Crippen LogP contribution in [0.15, 0.2) is 24.3 Å². The van der Waals surface area contributed by atoms with Crippen molar-refractivity contribution in [1.82, 2.24) is 14.5 Å². The van der Waals surface area contributed by atoms with E-state index in [0.717, 1.165) is 42.9 Å². The first-order valence-electron chi connectivity index (χ1n) is 8.80. The first kappa shape index (κ1) is 15.9. The summed E-state index contributed by atoms with van der Waals surface area (Å²) in [4.78, 5) is 32.5. The van der Waals surface area contributed by atoms with Crippen LogP contribution < -0.4 is 10.6 Å². The molecule has 132 valence electrons. The number of likely N-dealkylation sites (tertiary alicyclic amines) is 1. The maximum absolute atomic E-state index is 12.2. The lowest BCUT2D eigenvalue weighted by atomic mass is 10.0. The zero-order chi connectivity index (χ0) is 17.6. The van der Waals surface area contributed by atoms with Gasteiger partial charge in [-0.3, -0.25) is 9.59 Å². The number of aryl methyl sites for hydroxylation is 1. The van der Waals surface area contributed by atoms with Gasteiger partial charge in [-0.05, 0) is 25.0 Å². The first-order chi connectivity index (χ1) is 12.0. The van der Waals surface area contributed by atoms with E-state index in [2.05, 4.69) is 15.5 Å². The number of aromatic nitrogens is 2. The summed E-state index contributed by atoms with van der Waals surface area (Å²) >= 11 is 0. The Morgan fingerprint density at radius 2 is 1.96 bits per heavy atom. The molecule has 0 saturated carbocycles. The number of para-hydroxylation sites is 2. The minimum Gasteiger partial charge on any atom is -0.369 e. The van der Waals surface area contributed by atoms with Crippen molar-refractivity contribution >= 4 is 28.8 Å². The second-order valence-electron chi connectivity index (χ2n) is 7.03. The van der Waals surface area contributed by atoms with Gasteiger partial charge in [0, 0.05) is 39.1 Å². The van der Waals surface area contributed by atoms with Crippen molar-refractivity contribution in [2.24, 2.45) is 18.7 Å². The van der Waals surface area contributed by atoms with Gasteiger partial charge in [0.15, 0.2) is 0 Å². The Morgan fingerprint density at radius 3 is 2.60 bits per heavy atom. The molecule has 1 atom stereocenters. The molecule has 3 heterocycles. The number of rotatable bonds is 3. The highest BCUT2D eigenvalue weighted by Gasteiger charge is 2.38. The number of primary amides is 1. The Balaban J connectivity index is 1.45. The van der Waals surface area contributed by atoms with E-state index in [1.165, 1.54) is 0 Å². The number of piperidine rings is 1. The second kappa shape index (κ2) is 6.06. The Hall–Kier alpha value is -2.57. The molecule has 2 aromatic rings.